The third kappa shape index (κ3) is 4.01. The fraction of sp³-hybridized carbons (Fsp3) is 0.161. The zero-order chi connectivity index (χ0) is 24.5. The van der Waals surface area contributed by atoms with Crippen molar-refractivity contribution in [1.29, 1.82) is 0 Å². The van der Waals surface area contributed by atoms with Gasteiger partial charge in [0.2, 0.25) is 0 Å². The summed E-state index contributed by atoms with van der Waals surface area (Å²) >= 11 is 0. The number of benzene rings is 5. The van der Waals surface area contributed by atoms with Crippen molar-refractivity contribution in [2.24, 2.45) is 0 Å². The van der Waals surface area contributed by atoms with E-state index >= 15 is 0 Å². The number of aryl methyl sites for hydroxylation is 1. The van der Waals surface area contributed by atoms with Crippen LogP contribution in [0.3, 0.4) is 0 Å². The van der Waals surface area contributed by atoms with Crippen molar-refractivity contribution in [2.75, 3.05) is 0 Å². The summed E-state index contributed by atoms with van der Waals surface area (Å²) < 4.78 is 0. The number of hydrogen-bond donors (Lipinski definition) is 4. The van der Waals surface area contributed by atoms with Gasteiger partial charge in [-0.25, -0.2) is 0 Å². The summed E-state index contributed by atoms with van der Waals surface area (Å²) in [5.74, 6) is -0.133. The van der Waals surface area contributed by atoms with Crippen molar-refractivity contribution < 1.29 is 20.4 Å². The summed E-state index contributed by atoms with van der Waals surface area (Å²) in [6.07, 6.45) is 3.25. The number of unbranched alkanes of at least 4 members (excludes halogenated alkanes) is 1. The highest BCUT2D eigenvalue weighted by Crippen LogP contribution is 2.46. The van der Waals surface area contributed by atoms with Gasteiger partial charge in [0.1, 0.15) is 23.0 Å². The highest BCUT2D eigenvalue weighted by Gasteiger charge is 2.25. The van der Waals surface area contributed by atoms with Crippen LogP contribution in [0.1, 0.15) is 47.9 Å². The van der Waals surface area contributed by atoms with Gasteiger partial charge in [0.15, 0.2) is 0 Å². The molecule has 0 atom stereocenters. The van der Waals surface area contributed by atoms with Crippen molar-refractivity contribution >= 4 is 21.5 Å². The molecule has 0 heterocycles. The first-order valence-corrected chi connectivity index (χ1v) is 12.0. The lowest BCUT2D eigenvalue weighted by atomic mass is 9.82. The third-order valence-corrected chi connectivity index (χ3v) is 6.84. The van der Waals surface area contributed by atoms with E-state index in [2.05, 4.69) is 19.1 Å². The molecule has 0 saturated carbocycles. The summed E-state index contributed by atoms with van der Waals surface area (Å²) in [6.45, 7) is 2.17. The summed E-state index contributed by atoms with van der Waals surface area (Å²) in [5.41, 5.74) is 3.42. The average molecular weight is 465 g/mol. The molecule has 0 fully saturated rings. The Balaban J connectivity index is 1.74. The van der Waals surface area contributed by atoms with Crippen LogP contribution in [-0.4, -0.2) is 20.4 Å². The molecule has 0 aromatic heterocycles. The van der Waals surface area contributed by atoms with Crippen molar-refractivity contribution in [1.82, 2.24) is 0 Å². The Bertz CT molecular complexity index is 1430. The van der Waals surface area contributed by atoms with Crippen LogP contribution in [0, 0.1) is 0 Å². The molecule has 0 bridgehead atoms. The summed E-state index contributed by atoms with van der Waals surface area (Å²) in [6, 6.07) is 25.7. The summed E-state index contributed by atoms with van der Waals surface area (Å²) in [4.78, 5) is 0. The van der Waals surface area contributed by atoms with Crippen LogP contribution in [0.25, 0.3) is 21.5 Å². The van der Waals surface area contributed by atoms with Gasteiger partial charge in [-0.15, -0.1) is 0 Å². The maximum atomic E-state index is 11.4. The number of fused-ring (bicyclic) bond motifs is 2. The molecule has 0 radical (unpaired) electrons. The predicted molar refractivity (Wildman–Crippen MR) is 141 cm³/mol. The number of hydrogen-bond acceptors (Lipinski definition) is 4. The van der Waals surface area contributed by atoms with Crippen molar-refractivity contribution in [3.05, 3.63) is 107 Å². The minimum Gasteiger partial charge on any atom is -0.507 e. The molecule has 5 aromatic carbocycles. The first kappa shape index (κ1) is 22.6. The zero-order valence-electron chi connectivity index (χ0n) is 19.6. The minimum atomic E-state index is -0.464. The second-order valence-electron chi connectivity index (χ2n) is 9.03. The molecule has 176 valence electrons. The molecule has 0 aliphatic heterocycles. The van der Waals surface area contributed by atoms with E-state index in [1.165, 1.54) is 5.56 Å². The number of aromatic hydroxyl groups is 4. The van der Waals surface area contributed by atoms with Crippen LogP contribution in [-0.2, 0) is 6.42 Å². The van der Waals surface area contributed by atoms with Crippen LogP contribution in [0.4, 0.5) is 0 Å². The number of rotatable bonds is 6. The molecule has 4 N–H and O–H groups in total. The SMILES string of the molecule is CCCCc1ccc(C(c2ccc3c(O)cccc3c2O)c2ccc3c(O)cccc3c2O)cc1. The van der Waals surface area contributed by atoms with Gasteiger partial charge < -0.3 is 20.4 Å². The van der Waals surface area contributed by atoms with Crippen LogP contribution >= 0.6 is 0 Å². The maximum absolute atomic E-state index is 11.4. The second-order valence-corrected chi connectivity index (χ2v) is 9.03. The third-order valence-electron chi connectivity index (χ3n) is 6.84. The van der Waals surface area contributed by atoms with E-state index in [1.54, 1.807) is 60.7 Å². The summed E-state index contributed by atoms with van der Waals surface area (Å²) in [5, 5.41) is 45.5. The standard InChI is InChI=1S/C31H28O4/c1-2-3-6-19-11-13-20(14-12-19)29(25-17-15-21-23(30(25)34)7-4-9-27(21)32)26-18-16-22-24(31(26)35)8-5-10-28(22)33/h4-5,7-18,29,32-35H,2-3,6H2,1H3. The van der Waals surface area contributed by atoms with E-state index in [4.69, 9.17) is 0 Å². The van der Waals surface area contributed by atoms with Crippen molar-refractivity contribution in [3.8, 4) is 23.0 Å². The van der Waals surface area contributed by atoms with E-state index in [-0.39, 0.29) is 23.0 Å². The van der Waals surface area contributed by atoms with Gasteiger partial charge in [0.05, 0.1) is 0 Å². The molecule has 0 saturated heterocycles. The van der Waals surface area contributed by atoms with E-state index in [0.717, 1.165) is 24.8 Å². The van der Waals surface area contributed by atoms with Gasteiger partial charge in [-0.05, 0) is 36.1 Å². The normalized spacial score (nSPS) is 11.5. The lowest BCUT2D eigenvalue weighted by Crippen LogP contribution is -2.05. The van der Waals surface area contributed by atoms with Crippen molar-refractivity contribution in [2.45, 2.75) is 32.1 Å². The van der Waals surface area contributed by atoms with Gasteiger partial charge in [-0.2, -0.15) is 0 Å². The monoisotopic (exact) mass is 464 g/mol. The maximum Gasteiger partial charge on any atom is 0.127 e. The quantitative estimate of drug-likeness (QED) is 0.198. The number of phenolic OH excluding ortho intramolecular Hbond substituents is 4. The molecule has 5 aromatic rings. The van der Waals surface area contributed by atoms with Crippen LogP contribution in [0.15, 0.2) is 84.9 Å². The molecule has 35 heavy (non-hydrogen) atoms. The van der Waals surface area contributed by atoms with Crippen LogP contribution in [0.2, 0.25) is 0 Å². The Morgan fingerprint density at radius 1 is 0.571 bits per heavy atom. The molecular formula is C31H28O4. The van der Waals surface area contributed by atoms with E-state index in [1.807, 2.05) is 12.1 Å². The molecular weight excluding hydrogens is 436 g/mol. The highest BCUT2D eigenvalue weighted by atomic mass is 16.3. The smallest absolute Gasteiger partial charge is 0.127 e. The van der Waals surface area contributed by atoms with Gasteiger partial charge in [-0.3, -0.25) is 0 Å². The predicted octanol–water partition coefficient (Wildman–Crippen LogP) is 7.34. The van der Waals surface area contributed by atoms with Crippen LogP contribution < -0.4 is 0 Å². The fourth-order valence-electron chi connectivity index (χ4n) is 4.93. The number of phenols is 4. The Morgan fingerprint density at radius 2 is 1.09 bits per heavy atom. The first-order valence-electron chi connectivity index (χ1n) is 12.0. The van der Waals surface area contributed by atoms with Gasteiger partial charge in [0.25, 0.3) is 0 Å². The lowest BCUT2D eigenvalue weighted by molar-refractivity contribution is 0.463. The second kappa shape index (κ2) is 9.22. The topological polar surface area (TPSA) is 80.9 Å². The van der Waals surface area contributed by atoms with E-state index < -0.39 is 5.92 Å². The Kier molecular flexibility index (Phi) is 5.96. The molecule has 4 heteroatoms. The van der Waals surface area contributed by atoms with Gasteiger partial charge in [0, 0.05) is 38.6 Å². The Morgan fingerprint density at radius 3 is 1.57 bits per heavy atom. The highest BCUT2D eigenvalue weighted by molar-refractivity contribution is 5.96. The molecule has 0 aliphatic carbocycles. The van der Waals surface area contributed by atoms with E-state index in [0.29, 0.717) is 32.7 Å². The fourth-order valence-corrected chi connectivity index (χ4v) is 4.93. The molecule has 0 amide bonds. The molecule has 0 spiro atoms. The average Bonchev–Trinajstić information content (AvgIpc) is 2.87. The first-order chi connectivity index (χ1) is 17.0. The lowest BCUT2D eigenvalue weighted by Gasteiger charge is -2.23. The zero-order valence-corrected chi connectivity index (χ0v) is 19.6. The molecule has 0 unspecified atom stereocenters. The van der Waals surface area contributed by atoms with Gasteiger partial charge in [-0.1, -0.05) is 86.1 Å². The molecule has 4 nitrogen and oxygen atoms in total. The van der Waals surface area contributed by atoms with Crippen molar-refractivity contribution in [3.63, 3.8) is 0 Å². The largest absolute Gasteiger partial charge is 0.507 e. The van der Waals surface area contributed by atoms with Crippen LogP contribution in [0.5, 0.6) is 23.0 Å². The Labute approximate surface area is 204 Å². The van der Waals surface area contributed by atoms with Gasteiger partial charge >= 0.3 is 0 Å². The molecule has 0 aliphatic rings. The summed E-state index contributed by atoms with van der Waals surface area (Å²) in [7, 11) is 0. The van der Waals surface area contributed by atoms with E-state index in [9.17, 15) is 20.4 Å². The molecule has 5 rings (SSSR count). The Hall–Kier alpha value is -4.18. The minimum absolute atomic E-state index is 0.0638.